The van der Waals surface area contributed by atoms with Crippen LogP contribution in [0.15, 0.2) is 21.3 Å². The van der Waals surface area contributed by atoms with E-state index < -0.39 is 5.54 Å². The molecule has 5 heteroatoms. The molecule has 0 aliphatic carbocycles. The average Bonchev–Trinajstić information content (AvgIpc) is 2.69. The fraction of sp³-hybridized carbons (Fsp3) is 0.400. The van der Waals surface area contributed by atoms with Crippen LogP contribution in [0.3, 0.4) is 0 Å². The minimum atomic E-state index is -0.598. The van der Waals surface area contributed by atoms with Crippen LogP contribution in [0.1, 0.15) is 25.4 Å². The van der Waals surface area contributed by atoms with E-state index in [2.05, 4.69) is 10.1 Å². The molecule has 0 radical (unpaired) electrons. The quantitative estimate of drug-likeness (QED) is 0.812. The Morgan fingerprint density at radius 2 is 2.13 bits per heavy atom. The van der Waals surface area contributed by atoms with Crippen LogP contribution >= 0.6 is 0 Å². The number of hydrogen-bond donors (Lipinski definition) is 1. The zero-order valence-corrected chi connectivity index (χ0v) is 8.94. The third-order valence-electron chi connectivity index (χ3n) is 2.09. The van der Waals surface area contributed by atoms with Crippen LogP contribution in [0.4, 0.5) is 0 Å². The maximum Gasteiger partial charge on any atom is 0.261 e. The standard InChI is InChI=1S/C10H13N3O2/c1-6-7(4-5-14-6)8-12-9(13-15-8)10(2,3)11/h4-5H,11H2,1-3H3. The van der Waals surface area contributed by atoms with Gasteiger partial charge in [-0.1, -0.05) is 5.16 Å². The van der Waals surface area contributed by atoms with Crippen LogP contribution in [0.25, 0.3) is 11.5 Å². The van der Waals surface area contributed by atoms with Gasteiger partial charge in [0, 0.05) is 0 Å². The SMILES string of the molecule is Cc1occc1-c1nc(C(C)(C)N)no1. The van der Waals surface area contributed by atoms with Crippen molar-refractivity contribution in [1.29, 1.82) is 0 Å². The maximum absolute atomic E-state index is 5.85. The minimum absolute atomic E-state index is 0.440. The van der Waals surface area contributed by atoms with Crippen LogP contribution in [0.2, 0.25) is 0 Å². The molecule has 0 saturated heterocycles. The van der Waals surface area contributed by atoms with Gasteiger partial charge >= 0.3 is 0 Å². The number of nitrogens with two attached hydrogens (primary N) is 1. The summed E-state index contributed by atoms with van der Waals surface area (Å²) in [5.74, 6) is 1.67. The summed E-state index contributed by atoms with van der Waals surface area (Å²) >= 11 is 0. The topological polar surface area (TPSA) is 78.1 Å². The molecule has 80 valence electrons. The van der Waals surface area contributed by atoms with E-state index in [0.717, 1.165) is 11.3 Å². The normalized spacial score (nSPS) is 12.0. The molecular weight excluding hydrogens is 194 g/mol. The Bertz CT molecular complexity index is 465. The smallest absolute Gasteiger partial charge is 0.261 e. The largest absolute Gasteiger partial charge is 0.469 e. The molecule has 0 atom stereocenters. The molecule has 0 bridgehead atoms. The fourth-order valence-electron chi connectivity index (χ4n) is 1.20. The first kappa shape index (κ1) is 9.92. The van der Waals surface area contributed by atoms with Gasteiger partial charge in [-0.25, -0.2) is 0 Å². The first-order chi connectivity index (χ1) is 6.98. The Morgan fingerprint density at radius 3 is 2.60 bits per heavy atom. The van der Waals surface area contributed by atoms with Gasteiger partial charge in [-0.05, 0) is 26.8 Å². The van der Waals surface area contributed by atoms with Crippen molar-refractivity contribution in [3.05, 3.63) is 23.9 Å². The number of aryl methyl sites for hydroxylation is 1. The summed E-state index contributed by atoms with van der Waals surface area (Å²) in [7, 11) is 0. The molecule has 0 saturated carbocycles. The van der Waals surface area contributed by atoms with Gasteiger partial charge in [-0.15, -0.1) is 0 Å². The van der Waals surface area contributed by atoms with Gasteiger partial charge in [0.2, 0.25) is 0 Å². The summed E-state index contributed by atoms with van der Waals surface area (Å²) in [4.78, 5) is 4.22. The predicted molar refractivity (Wildman–Crippen MR) is 54.0 cm³/mol. The summed E-state index contributed by atoms with van der Waals surface area (Å²) in [6, 6.07) is 1.79. The van der Waals surface area contributed by atoms with E-state index in [4.69, 9.17) is 14.7 Å². The number of furan rings is 1. The maximum atomic E-state index is 5.85. The van der Waals surface area contributed by atoms with Crippen molar-refractivity contribution in [2.75, 3.05) is 0 Å². The van der Waals surface area contributed by atoms with Crippen molar-refractivity contribution in [3.63, 3.8) is 0 Å². The summed E-state index contributed by atoms with van der Waals surface area (Å²) in [5.41, 5.74) is 6.06. The zero-order chi connectivity index (χ0) is 11.1. The molecule has 0 spiro atoms. The van der Waals surface area contributed by atoms with Crippen LogP contribution in [-0.2, 0) is 5.54 Å². The van der Waals surface area contributed by atoms with Gasteiger partial charge in [0.05, 0.1) is 17.4 Å². The van der Waals surface area contributed by atoms with Crippen molar-refractivity contribution in [1.82, 2.24) is 10.1 Å². The van der Waals surface area contributed by atoms with Gasteiger partial charge in [0.15, 0.2) is 5.82 Å². The lowest BCUT2D eigenvalue weighted by atomic mass is 10.1. The van der Waals surface area contributed by atoms with Crippen molar-refractivity contribution in [2.45, 2.75) is 26.3 Å². The Hall–Kier alpha value is -1.62. The molecule has 0 aromatic carbocycles. The molecule has 0 amide bonds. The highest BCUT2D eigenvalue weighted by molar-refractivity contribution is 5.54. The molecule has 0 aliphatic heterocycles. The molecule has 0 aliphatic rings. The van der Waals surface area contributed by atoms with Gasteiger partial charge in [-0.3, -0.25) is 0 Å². The molecule has 0 fully saturated rings. The molecule has 0 unspecified atom stereocenters. The van der Waals surface area contributed by atoms with Gasteiger partial charge in [0.25, 0.3) is 5.89 Å². The summed E-state index contributed by atoms with van der Waals surface area (Å²) < 4.78 is 10.3. The molecular formula is C10H13N3O2. The lowest BCUT2D eigenvalue weighted by Crippen LogP contribution is -2.30. The average molecular weight is 207 g/mol. The van der Waals surface area contributed by atoms with Crippen LogP contribution in [0.5, 0.6) is 0 Å². The van der Waals surface area contributed by atoms with E-state index in [-0.39, 0.29) is 0 Å². The van der Waals surface area contributed by atoms with E-state index >= 15 is 0 Å². The first-order valence-corrected chi connectivity index (χ1v) is 4.66. The summed E-state index contributed by atoms with van der Waals surface area (Å²) in [5, 5.41) is 3.83. The predicted octanol–water partition coefficient (Wildman–Crippen LogP) is 1.83. The molecule has 2 N–H and O–H groups in total. The number of hydrogen-bond acceptors (Lipinski definition) is 5. The minimum Gasteiger partial charge on any atom is -0.469 e. The Balaban J connectivity index is 2.41. The molecule has 2 aromatic heterocycles. The first-order valence-electron chi connectivity index (χ1n) is 4.66. The van der Waals surface area contributed by atoms with Crippen LogP contribution in [0, 0.1) is 6.92 Å². The van der Waals surface area contributed by atoms with Crippen molar-refractivity contribution >= 4 is 0 Å². The molecule has 2 aromatic rings. The molecule has 2 heterocycles. The van der Waals surface area contributed by atoms with E-state index in [1.807, 2.05) is 20.8 Å². The third kappa shape index (κ3) is 1.78. The summed E-state index contributed by atoms with van der Waals surface area (Å²) in [6.07, 6.45) is 1.59. The van der Waals surface area contributed by atoms with E-state index in [9.17, 15) is 0 Å². The second-order valence-corrected chi connectivity index (χ2v) is 4.04. The monoisotopic (exact) mass is 207 g/mol. The Kier molecular flexibility index (Phi) is 2.12. The second kappa shape index (κ2) is 3.20. The Morgan fingerprint density at radius 1 is 1.40 bits per heavy atom. The Labute approximate surface area is 87.3 Å². The van der Waals surface area contributed by atoms with Gasteiger partial charge < -0.3 is 14.7 Å². The highest BCUT2D eigenvalue weighted by Gasteiger charge is 2.22. The fourth-order valence-corrected chi connectivity index (χ4v) is 1.20. The third-order valence-corrected chi connectivity index (χ3v) is 2.09. The van der Waals surface area contributed by atoms with Crippen molar-refractivity contribution < 1.29 is 8.94 Å². The van der Waals surface area contributed by atoms with Crippen LogP contribution in [-0.4, -0.2) is 10.1 Å². The van der Waals surface area contributed by atoms with Crippen molar-refractivity contribution in [2.24, 2.45) is 5.73 Å². The van der Waals surface area contributed by atoms with Crippen molar-refractivity contribution in [3.8, 4) is 11.5 Å². The van der Waals surface area contributed by atoms with E-state index in [1.165, 1.54) is 0 Å². The second-order valence-electron chi connectivity index (χ2n) is 4.04. The lowest BCUT2D eigenvalue weighted by molar-refractivity contribution is 0.396. The molecule has 5 nitrogen and oxygen atoms in total. The lowest BCUT2D eigenvalue weighted by Gasteiger charge is -2.11. The van der Waals surface area contributed by atoms with Gasteiger partial charge in [0.1, 0.15) is 5.76 Å². The number of nitrogens with zero attached hydrogens (tertiary/aromatic N) is 2. The molecule has 2 rings (SSSR count). The van der Waals surface area contributed by atoms with Crippen LogP contribution < -0.4 is 5.73 Å². The van der Waals surface area contributed by atoms with Gasteiger partial charge in [-0.2, -0.15) is 4.98 Å². The highest BCUT2D eigenvalue weighted by Crippen LogP contribution is 2.24. The zero-order valence-electron chi connectivity index (χ0n) is 8.94. The highest BCUT2D eigenvalue weighted by atomic mass is 16.5. The van der Waals surface area contributed by atoms with E-state index in [1.54, 1.807) is 12.3 Å². The summed E-state index contributed by atoms with van der Waals surface area (Å²) in [6.45, 7) is 5.49. The molecule has 15 heavy (non-hydrogen) atoms. The number of aromatic nitrogens is 2. The van der Waals surface area contributed by atoms with E-state index in [0.29, 0.717) is 11.7 Å². The number of rotatable bonds is 2.